The molecule has 3 aliphatic rings. The van der Waals surface area contributed by atoms with Gasteiger partial charge >= 0.3 is 0 Å². The van der Waals surface area contributed by atoms with Crippen molar-refractivity contribution in [1.29, 1.82) is 0 Å². The molecule has 0 heterocycles. The summed E-state index contributed by atoms with van der Waals surface area (Å²) in [7, 11) is 0. The molecule has 0 aromatic heterocycles. The van der Waals surface area contributed by atoms with Crippen molar-refractivity contribution in [3.8, 4) is 5.75 Å². The third kappa shape index (κ3) is 7.02. The molecule has 0 aliphatic heterocycles. The largest absolute Gasteiger partial charge is 0.393 e. The first-order chi connectivity index (χ1) is 18.5. The van der Waals surface area contributed by atoms with Crippen molar-refractivity contribution < 1.29 is 15.1 Å². The highest BCUT2D eigenvalue weighted by atomic mass is 16.6. The van der Waals surface area contributed by atoms with Crippen LogP contribution in [0.2, 0.25) is 0 Å². The minimum absolute atomic E-state index is 0.0327. The second-order valence-corrected chi connectivity index (χ2v) is 13.3. The highest BCUT2D eigenvalue weighted by Gasteiger charge is 2.45. The summed E-state index contributed by atoms with van der Waals surface area (Å²) in [5, 5.41) is 24.9. The molecule has 212 valence electrons. The number of para-hydroxylation sites is 1. The van der Waals surface area contributed by atoms with E-state index in [1.165, 1.54) is 18.4 Å². The van der Waals surface area contributed by atoms with Crippen molar-refractivity contribution in [2.24, 2.45) is 27.8 Å². The normalized spacial score (nSPS) is 30.8. The number of allylic oxidation sites excluding steroid dienone is 5. The van der Waals surface area contributed by atoms with Gasteiger partial charge in [-0.1, -0.05) is 93.9 Å². The lowest BCUT2D eigenvalue weighted by atomic mass is 9.62. The van der Waals surface area contributed by atoms with Crippen LogP contribution in [-0.2, 0) is 0 Å². The SMILES string of the molecule is C=C1/C(=C\C=C2/CCC[C@]3(C)C([C@H](C)CCC/C(=N\Oc4ccccc4)C(C)(C)C)=CC[C@@H]23)C[C@H](O)C[C@H]1O. The predicted octanol–water partition coefficient (Wildman–Crippen LogP) is 8.34. The molecule has 4 nitrogen and oxygen atoms in total. The third-order valence-corrected chi connectivity index (χ3v) is 9.33. The molecule has 4 heteroatoms. The van der Waals surface area contributed by atoms with Crippen LogP contribution in [0.25, 0.3) is 0 Å². The van der Waals surface area contributed by atoms with E-state index in [4.69, 9.17) is 4.84 Å². The number of aliphatic hydroxyl groups excluding tert-OH is 2. The van der Waals surface area contributed by atoms with E-state index in [1.54, 1.807) is 5.57 Å². The Hall–Kier alpha value is -2.43. The van der Waals surface area contributed by atoms with Crippen molar-refractivity contribution in [3.05, 3.63) is 77.4 Å². The smallest absolute Gasteiger partial charge is 0.157 e. The van der Waals surface area contributed by atoms with Gasteiger partial charge < -0.3 is 15.1 Å². The Balaban J connectivity index is 1.39. The molecule has 0 unspecified atom stereocenters. The molecular weight excluding hydrogens is 482 g/mol. The molecule has 0 radical (unpaired) electrons. The average molecular weight is 532 g/mol. The molecule has 2 N–H and O–H groups in total. The van der Waals surface area contributed by atoms with E-state index in [1.807, 2.05) is 30.3 Å². The van der Waals surface area contributed by atoms with Gasteiger partial charge in [-0.25, -0.2) is 0 Å². The van der Waals surface area contributed by atoms with Gasteiger partial charge in [0.25, 0.3) is 0 Å². The fourth-order valence-electron chi connectivity index (χ4n) is 6.96. The number of rotatable bonds is 8. The van der Waals surface area contributed by atoms with Gasteiger partial charge in [0.05, 0.1) is 17.9 Å². The number of nitrogens with zero attached hydrogens (tertiary/aromatic N) is 1. The molecule has 0 spiro atoms. The number of benzene rings is 1. The van der Waals surface area contributed by atoms with Crippen LogP contribution in [0.3, 0.4) is 0 Å². The molecule has 0 bridgehead atoms. The zero-order valence-corrected chi connectivity index (χ0v) is 24.7. The molecule has 1 aromatic rings. The van der Waals surface area contributed by atoms with E-state index in [9.17, 15) is 10.2 Å². The Kier molecular flexibility index (Phi) is 9.39. The van der Waals surface area contributed by atoms with E-state index in [-0.39, 0.29) is 10.8 Å². The summed E-state index contributed by atoms with van der Waals surface area (Å²) in [6.45, 7) is 15.6. The van der Waals surface area contributed by atoms with Gasteiger partial charge in [-0.2, -0.15) is 0 Å². The molecule has 2 fully saturated rings. The van der Waals surface area contributed by atoms with Crippen molar-refractivity contribution >= 4 is 5.71 Å². The Bertz CT molecular complexity index is 1140. The summed E-state index contributed by atoms with van der Waals surface area (Å²) >= 11 is 0. The first-order valence-electron chi connectivity index (χ1n) is 14.9. The first-order valence-corrected chi connectivity index (χ1v) is 14.9. The second-order valence-electron chi connectivity index (χ2n) is 13.3. The van der Waals surface area contributed by atoms with Gasteiger partial charge in [0.2, 0.25) is 0 Å². The maximum atomic E-state index is 10.2. The molecule has 4 rings (SSSR count). The molecule has 0 amide bonds. The zero-order valence-electron chi connectivity index (χ0n) is 24.7. The average Bonchev–Trinajstić information content (AvgIpc) is 3.24. The first kappa shape index (κ1) is 29.6. The zero-order chi connectivity index (χ0) is 28.2. The van der Waals surface area contributed by atoms with E-state index >= 15 is 0 Å². The highest BCUT2D eigenvalue weighted by Crippen LogP contribution is 2.57. The van der Waals surface area contributed by atoms with Crippen LogP contribution in [0.1, 0.15) is 92.4 Å². The maximum absolute atomic E-state index is 10.2. The van der Waals surface area contributed by atoms with Gasteiger partial charge in [0.1, 0.15) is 0 Å². The van der Waals surface area contributed by atoms with Gasteiger partial charge in [-0.3, -0.25) is 0 Å². The van der Waals surface area contributed by atoms with Gasteiger partial charge in [-0.15, -0.1) is 0 Å². The monoisotopic (exact) mass is 531 g/mol. The Morgan fingerprint density at radius 3 is 2.67 bits per heavy atom. The summed E-state index contributed by atoms with van der Waals surface area (Å²) in [4.78, 5) is 5.77. The summed E-state index contributed by atoms with van der Waals surface area (Å²) in [5.74, 6) is 1.86. The van der Waals surface area contributed by atoms with Crippen LogP contribution in [-0.4, -0.2) is 28.1 Å². The number of fused-ring (bicyclic) bond motifs is 1. The molecular formula is C35H49NO3. The van der Waals surface area contributed by atoms with E-state index in [0.717, 1.165) is 54.7 Å². The van der Waals surface area contributed by atoms with Crippen LogP contribution >= 0.6 is 0 Å². The minimum Gasteiger partial charge on any atom is -0.393 e. The Morgan fingerprint density at radius 1 is 1.21 bits per heavy atom. The highest BCUT2D eigenvalue weighted by molar-refractivity contribution is 5.88. The molecule has 3 aliphatic carbocycles. The lowest BCUT2D eigenvalue weighted by Crippen LogP contribution is -2.32. The minimum atomic E-state index is -0.635. The third-order valence-electron chi connectivity index (χ3n) is 9.33. The van der Waals surface area contributed by atoms with Crippen LogP contribution in [0.4, 0.5) is 0 Å². The Labute approximate surface area is 236 Å². The van der Waals surface area contributed by atoms with Crippen molar-refractivity contribution in [1.82, 2.24) is 0 Å². The summed E-state index contributed by atoms with van der Waals surface area (Å²) in [5.41, 5.74) is 6.19. The summed E-state index contributed by atoms with van der Waals surface area (Å²) < 4.78 is 0. The molecule has 1 aromatic carbocycles. The summed E-state index contributed by atoms with van der Waals surface area (Å²) in [6, 6.07) is 9.80. The summed E-state index contributed by atoms with van der Waals surface area (Å²) in [6.07, 6.45) is 14.7. The van der Waals surface area contributed by atoms with Gasteiger partial charge in [0.15, 0.2) is 5.75 Å². The number of aliphatic hydroxyl groups is 2. The topological polar surface area (TPSA) is 62.0 Å². The van der Waals surface area contributed by atoms with Crippen LogP contribution in [0.15, 0.2) is 82.6 Å². The van der Waals surface area contributed by atoms with Crippen LogP contribution in [0, 0.1) is 22.7 Å². The van der Waals surface area contributed by atoms with E-state index in [0.29, 0.717) is 24.7 Å². The number of oxime groups is 1. The predicted molar refractivity (Wildman–Crippen MR) is 162 cm³/mol. The fourth-order valence-corrected chi connectivity index (χ4v) is 6.96. The molecule has 0 saturated heterocycles. The van der Waals surface area contributed by atoms with Crippen molar-refractivity contribution in [2.75, 3.05) is 0 Å². The van der Waals surface area contributed by atoms with E-state index in [2.05, 4.69) is 64.6 Å². The molecule has 39 heavy (non-hydrogen) atoms. The van der Waals surface area contributed by atoms with Gasteiger partial charge in [-0.05, 0) is 91.9 Å². The standard InChI is InChI=1S/C35H49NO3/c1-24(12-10-16-33(34(3,4)5)36-39-29-14-8-7-9-15-29)30-19-20-31-26(13-11-21-35(30,31)6)17-18-27-22-28(37)23-32(38)25(27)2/h7-9,14-15,17-19,24,28,31-32,37-38H,2,10-13,16,20-23H2,1,3-6H3/b26-17+,27-18-,36-33+/t24-,28+,31+,32-,35-/m1/s1. The number of hydrogen-bond acceptors (Lipinski definition) is 4. The maximum Gasteiger partial charge on any atom is 0.157 e. The lowest BCUT2D eigenvalue weighted by molar-refractivity contribution is 0.0862. The van der Waals surface area contributed by atoms with Crippen molar-refractivity contribution in [2.45, 2.75) is 105 Å². The second kappa shape index (κ2) is 12.4. The molecule has 5 atom stereocenters. The van der Waals surface area contributed by atoms with E-state index < -0.39 is 12.2 Å². The van der Waals surface area contributed by atoms with Crippen LogP contribution < -0.4 is 4.84 Å². The quantitative estimate of drug-likeness (QED) is 0.201. The van der Waals surface area contributed by atoms with Crippen LogP contribution in [0.5, 0.6) is 5.75 Å². The Morgan fingerprint density at radius 2 is 1.95 bits per heavy atom. The van der Waals surface area contributed by atoms with Gasteiger partial charge in [0, 0.05) is 11.8 Å². The lowest BCUT2D eigenvalue weighted by Gasteiger charge is -2.42. The number of hydrogen-bond donors (Lipinski definition) is 2. The fraction of sp³-hybridized carbons (Fsp3) is 0.571. The molecule has 2 saturated carbocycles. The van der Waals surface area contributed by atoms with Crippen molar-refractivity contribution in [3.63, 3.8) is 0 Å².